The third kappa shape index (κ3) is 5.13. The van der Waals surface area contributed by atoms with E-state index in [1.165, 1.54) is 0 Å². The lowest BCUT2D eigenvalue weighted by atomic mass is 9.97. The van der Waals surface area contributed by atoms with E-state index in [9.17, 15) is 4.79 Å². The highest BCUT2D eigenvalue weighted by atomic mass is 16.5. The Morgan fingerprint density at radius 1 is 1.38 bits per heavy atom. The van der Waals surface area contributed by atoms with Crippen molar-refractivity contribution in [1.29, 1.82) is 0 Å². The van der Waals surface area contributed by atoms with Crippen LogP contribution in [0, 0.1) is 11.8 Å². The summed E-state index contributed by atoms with van der Waals surface area (Å²) in [5, 5.41) is 3.03. The summed E-state index contributed by atoms with van der Waals surface area (Å²) in [5.41, 5.74) is 0.758. The fraction of sp³-hybridized carbons (Fsp3) is 0.632. The monoisotopic (exact) mass is 334 g/mol. The number of amides is 1. The molecular weight excluding hydrogens is 304 g/mol. The molecule has 1 heterocycles. The molecule has 134 valence electrons. The lowest BCUT2D eigenvalue weighted by molar-refractivity contribution is -0.121. The van der Waals surface area contributed by atoms with Gasteiger partial charge in [-0.3, -0.25) is 4.79 Å². The van der Waals surface area contributed by atoms with Gasteiger partial charge in [0.05, 0.1) is 19.6 Å². The van der Waals surface area contributed by atoms with E-state index in [0.717, 1.165) is 38.2 Å². The summed E-state index contributed by atoms with van der Waals surface area (Å²) in [6.07, 6.45) is 2.03. The molecule has 5 nitrogen and oxygen atoms in total. The molecule has 1 aliphatic rings. The van der Waals surface area contributed by atoms with Crippen molar-refractivity contribution >= 4 is 11.6 Å². The number of nitrogens with one attached hydrogen (secondary N) is 1. The van der Waals surface area contributed by atoms with Crippen LogP contribution in [0.5, 0.6) is 11.5 Å². The Hall–Kier alpha value is -1.75. The molecule has 1 unspecified atom stereocenters. The largest absolute Gasteiger partial charge is 0.493 e. The van der Waals surface area contributed by atoms with Crippen molar-refractivity contribution in [2.75, 3.05) is 38.7 Å². The Balaban J connectivity index is 2.03. The molecule has 1 aromatic rings. The van der Waals surface area contributed by atoms with Gasteiger partial charge in [-0.05, 0) is 44.0 Å². The standard InChI is InChI=1S/C19H30N2O3/c1-5-21-10-6-7-15(12-21)19(22)20-16-8-9-17(23-4)18(11-16)24-13-14(2)3/h8-9,11,14-15H,5-7,10,12-13H2,1-4H3,(H,20,22). The summed E-state index contributed by atoms with van der Waals surface area (Å²) in [5.74, 6) is 1.93. The SMILES string of the molecule is CCN1CCCC(C(=O)Nc2ccc(OC)c(OCC(C)C)c2)C1. The van der Waals surface area contributed by atoms with Gasteiger partial charge < -0.3 is 19.7 Å². The van der Waals surface area contributed by atoms with Crippen LogP contribution in [0.1, 0.15) is 33.6 Å². The normalized spacial score (nSPS) is 18.5. The molecule has 24 heavy (non-hydrogen) atoms. The Bertz CT molecular complexity index is 545. The molecule has 1 amide bonds. The topological polar surface area (TPSA) is 50.8 Å². The smallest absolute Gasteiger partial charge is 0.228 e. The molecule has 0 spiro atoms. The zero-order valence-corrected chi connectivity index (χ0v) is 15.3. The summed E-state index contributed by atoms with van der Waals surface area (Å²) >= 11 is 0. The summed E-state index contributed by atoms with van der Waals surface area (Å²) in [6, 6.07) is 5.55. The van der Waals surface area contributed by atoms with Gasteiger partial charge in [-0.2, -0.15) is 0 Å². The molecule has 1 N–H and O–H groups in total. The van der Waals surface area contributed by atoms with Gasteiger partial charge in [-0.15, -0.1) is 0 Å². The fourth-order valence-corrected chi connectivity index (χ4v) is 2.92. The van der Waals surface area contributed by atoms with Crippen LogP contribution in [-0.2, 0) is 4.79 Å². The number of rotatable bonds is 7. The van der Waals surface area contributed by atoms with Crippen LogP contribution in [0.3, 0.4) is 0 Å². The van der Waals surface area contributed by atoms with Crippen LogP contribution in [-0.4, -0.2) is 44.2 Å². The summed E-state index contributed by atoms with van der Waals surface area (Å²) < 4.78 is 11.1. The van der Waals surface area contributed by atoms with E-state index in [4.69, 9.17) is 9.47 Å². The van der Waals surface area contributed by atoms with Gasteiger partial charge in [-0.25, -0.2) is 0 Å². The van der Waals surface area contributed by atoms with Gasteiger partial charge in [0.25, 0.3) is 0 Å². The van der Waals surface area contributed by atoms with Crippen molar-refractivity contribution < 1.29 is 14.3 Å². The van der Waals surface area contributed by atoms with Gasteiger partial charge in [-0.1, -0.05) is 20.8 Å². The van der Waals surface area contributed by atoms with Crippen LogP contribution in [0.15, 0.2) is 18.2 Å². The lowest BCUT2D eigenvalue weighted by Crippen LogP contribution is -2.40. The van der Waals surface area contributed by atoms with Crippen molar-refractivity contribution in [2.45, 2.75) is 33.6 Å². The molecule has 0 bridgehead atoms. The number of benzene rings is 1. The number of carbonyl (C=O) groups is 1. The quantitative estimate of drug-likeness (QED) is 0.830. The van der Waals surface area contributed by atoms with Gasteiger partial charge >= 0.3 is 0 Å². The highest BCUT2D eigenvalue weighted by Gasteiger charge is 2.25. The van der Waals surface area contributed by atoms with Crippen LogP contribution >= 0.6 is 0 Å². The number of piperidine rings is 1. The molecule has 0 aromatic heterocycles. The first kappa shape index (κ1) is 18.6. The fourth-order valence-electron chi connectivity index (χ4n) is 2.92. The highest BCUT2D eigenvalue weighted by molar-refractivity contribution is 5.93. The molecule has 0 aliphatic carbocycles. The number of hydrogen-bond donors (Lipinski definition) is 1. The molecule has 1 aliphatic heterocycles. The van der Waals surface area contributed by atoms with E-state index in [-0.39, 0.29) is 11.8 Å². The molecule has 5 heteroatoms. The Labute approximate surface area is 145 Å². The Morgan fingerprint density at radius 3 is 2.83 bits per heavy atom. The molecular formula is C19H30N2O3. The van der Waals surface area contributed by atoms with E-state index in [2.05, 4.69) is 31.0 Å². The number of carbonyl (C=O) groups excluding carboxylic acids is 1. The van der Waals surface area contributed by atoms with Gasteiger partial charge in [0.1, 0.15) is 0 Å². The third-order valence-electron chi connectivity index (χ3n) is 4.33. The first-order valence-corrected chi connectivity index (χ1v) is 8.87. The minimum atomic E-state index is 0.0563. The van der Waals surface area contributed by atoms with E-state index >= 15 is 0 Å². The Kier molecular flexibility index (Phi) is 6.91. The number of methoxy groups -OCH3 is 1. The van der Waals surface area contributed by atoms with Crippen molar-refractivity contribution in [3.05, 3.63) is 18.2 Å². The van der Waals surface area contributed by atoms with Crippen LogP contribution in [0.25, 0.3) is 0 Å². The Morgan fingerprint density at radius 2 is 2.17 bits per heavy atom. The van der Waals surface area contributed by atoms with Crippen molar-refractivity contribution in [1.82, 2.24) is 4.90 Å². The van der Waals surface area contributed by atoms with Gasteiger partial charge in [0.15, 0.2) is 11.5 Å². The van der Waals surface area contributed by atoms with Gasteiger partial charge in [0, 0.05) is 18.3 Å². The predicted molar refractivity (Wildman–Crippen MR) is 96.8 cm³/mol. The van der Waals surface area contributed by atoms with E-state index in [1.807, 2.05) is 18.2 Å². The summed E-state index contributed by atoms with van der Waals surface area (Å²) in [4.78, 5) is 14.9. The first-order valence-electron chi connectivity index (χ1n) is 8.87. The minimum Gasteiger partial charge on any atom is -0.493 e. The number of anilines is 1. The first-order chi connectivity index (χ1) is 11.5. The minimum absolute atomic E-state index is 0.0563. The van der Waals surface area contributed by atoms with Crippen molar-refractivity contribution in [3.63, 3.8) is 0 Å². The second-order valence-corrected chi connectivity index (χ2v) is 6.79. The summed E-state index contributed by atoms with van der Waals surface area (Å²) in [6.45, 7) is 9.88. The van der Waals surface area contributed by atoms with Crippen molar-refractivity contribution in [3.8, 4) is 11.5 Å². The molecule has 0 radical (unpaired) electrons. The second-order valence-electron chi connectivity index (χ2n) is 6.79. The maximum absolute atomic E-state index is 12.6. The third-order valence-corrected chi connectivity index (χ3v) is 4.33. The number of ether oxygens (including phenoxy) is 2. The maximum atomic E-state index is 12.6. The van der Waals surface area contributed by atoms with Gasteiger partial charge in [0.2, 0.25) is 5.91 Å². The maximum Gasteiger partial charge on any atom is 0.228 e. The van der Waals surface area contributed by atoms with Crippen LogP contribution < -0.4 is 14.8 Å². The van der Waals surface area contributed by atoms with Crippen LogP contribution in [0.2, 0.25) is 0 Å². The highest BCUT2D eigenvalue weighted by Crippen LogP contribution is 2.31. The molecule has 1 aromatic carbocycles. The predicted octanol–water partition coefficient (Wildman–Crippen LogP) is 3.40. The molecule has 1 saturated heterocycles. The van der Waals surface area contributed by atoms with E-state index in [0.29, 0.717) is 24.0 Å². The van der Waals surface area contributed by atoms with E-state index in [1.54, 1.807) is 7.11 Å². The van der Waals surface area contributed by atoms with Crippen LogP contribution in [0.4, 0.5) is 5.69 Å². The number of likely N-dealkylation sites (tertiary alicyclic amines) is 1. The molecule has 2 rings (SSSR count). The average Bonchev–Trinajstić information content (AvgIpc) is 2.60. The zero-order valence-electron chi connectivity index (χ0n) is 15.3. The van der Waals surface area contributed by atoms with Crippen molar-refractivity contribution in [2.24, 2.45) is 11.8 Å². The van der Waals surface area contributed by atoms with E-state index < -0.39 is 0 Å². The molecule has 1 fully saturated rings. The zero-order chi connectivity index (χ0) is 17.5. The molecule has 0 saturated carbocycles. The second kappa shape index (κ2) is 8.92. The number of hydrogen-bond acceptors (Lipinski definition) is 4. The lowest BCUT2D eigenvalue weighted by Gasteiger charge is -2.31. The average molecular weight is 334 g/mol. The molecule has 1 atom stereocenters. The summed E-state index contributed by atoms with van der Waals surface area (Å²) in [7, 11) is 1.62. The number of nitrogens with zero attached hydrogens (tertiary/aromatic N) is 1.